The van der Waals surface area contributed by atoms with Crippen LogP contribution in [0.5, 0.6) is 0 Å². The number of pyridine rings is 1. The number of nitrogens with zero attached hydrogens (tertiary/aromatic N) is 4. The lowest BCUT2D eigenvalue weighted by atomic mass is 10.2. The van der Waals surface area contributed by atoms with Gasteiger partial charge in [-0.15, -0.1) is 10.2 Å². The molecule has 162 valence electrons. The van der Waals surface area contributed by atoms with Crippen LogP contribution in [0.2, 0.25) is 0 Å². The third-order valence-corrected chi connectivity index (χ3v) is 5.72. The highest BCUT2D eigenvalue weighted by Crippen LogP contribution is 2.24. The van der Waals surface area contributed by atoms with Gasteiger partial charge in [-0.1, -0.05) is 60.3 Å². The summed E-state index contributed by atoms with van der Waals surface area (Å²) < 4.78 is 1.97. The summed E-state index contributed by atoms with van der Waals surface area (Å²) in [5.74, 6) is 0.858. The molecule has 0 radical (unpaired) electrons. The molecule has 2 heterocycles. The average molecular weight is 445 g/mol. The number of thioether (sulfide) groups is 1. The molecule has 7 nitrogen and oxygen atoms in total. The summed E-state index contributed by atoms with van der Waals surface area (Å²) in [5.41, 5.74) is 3.67. The van der Waals surface area contributed by atoms with Gasteiger partial charge in [-0.3, -0.25) is 9.78 Å². The number of para-hydroxylation sites is 1. The van der Waals surface area contributed by atoms with E-state index >= 15 is 0 Å². The number of nitrogens with one attached hydrogen (secondary N) is 2. The Bertz CT molecular complexity index is 1150. The normalized spacial score (nSPS) is 10.7. The first-order valence-corrected chi connectivity index (χ1v) is 11.4. The van der Waals surface area contributed by atoms with Gasteiger partial charge in [0.05, 0.1) is 17.6 Å². The number of amides is 1. The van der Waals surface area contributed by atoms with Crippen LogP contribution in [-0.2, 0) is 17.9 Å². The molecule has 2 aromatic heterocycles. The molecule has 2 N–H and O–H groups in total. The van der Waals surface area contributed by atoms with Gasteiger partial charge in [0, 0.05) is 18.8 Å². The van der Waals surface area contributed by atoms with Crippen molar-refractivity contribution in [2.45, 2.75) is 25.2 Å². The summed E-state index contributed by atoms with van der Waals surface area (Å²) in [6, 6.07) is 23.5. The highest BCUT2D eigenvalue weighted by atomic mass is 32.2. The molecule has 0 bridgehead atoms. The van der Waals surface area contributed by atoms with E-state index in [-0.39, 0.29) is 11.7 Å². The molecule has 0 aliphatic heterocycles. The predicted octanol–water partition coefficient (Wildman–Crippen LogP) is 4.70. The van der Waals surface area contributed by atoms with E-state index in [9.17, 15) is 4.79 Å². The molecule has 0 spiro atoms. The smallest absolute Gasteiger partial charge is 0.234 e. The summed E-state index contributed by atoms with van der Waals surface area (Å²) in [7, 11) is 0. The number of aromatic nitrogens is 4. The zero-order valence-corrected chi connectivity index (χ0v) is 18.5. The molecule has 0 aliphatic rings. The maximum atomic E-state index is 12.3. The topological polar surface area (TPSA) is 84.7 Å². The summed E-state index contributed by atoms with van der Waals surface area (Å²) in [6.07, 6.45) is 1.80. The van der Waals surface area contributed by atoms with Gasteiger partial charge in [0.25, 0.3) is 0 Å². The Balaban J connectivity index is 1.38. The van der Waals surface area contributed by atoms with Gasteiger partial charge in [0.15, 0.2) is 11.0 Å². The van der Waals surface area contributed by atoms with E-state index in [1.165, 1.54) is 17.3 Å². The van der Waals surface area contributed by atoms with Crippen molar-refractivity contribution < 1.29 is 4.79 Å². The predicted molar refractivity (Wildman–Crippen MR) is 128 cm³/mol. The van der Waals surface area contributed by atoms with Crippen molar-refractivity contribution in [2.24, 2.45) is 0 Å². The molecule has 4 rings (SSSR count). The minimum absolute atomic E-state index is 0.0830. The molecule has 0 saturated carbocycles. The van der Waals surface area contributed by atoms with E-state index in [2.05, 4.69) is 37.9 Å². The van der Waals surface area contributed by atoms with E-state index in [0.29, 0.717) is 17.5 Å². The lowest BCUT2D eigenvalue weighted by molar-refractivity contribution is -0.113. The van der Waals surface area contributed by atoms with E-state index < -0.39 is 0 Å². The first kappa shape index (κ1) is 21.6. The first-order chi connectivity index (χ1) is 15.7. The van der Waals surface area contributed by atoms with Crippen LogP contribution in [0.1, 0.15) is 12.5 Å². The van der Waals surface area contributed by atoms with Crippen LogP contribution in [0.15, 0.2) is 84.1 Å². The molecule has 8 heteroatoms. The van der Waals surface area contributed by atoms with Crippen LogP contribution < -0.4 is 10.6 Å². The number of hydrogen-bond acceptors (Lipinski definition) is 6. The van der Waals surface area contributed by atoms with E-state index in [0.717, 1.165) is 23.6 Å². The Labute approximate surface area is 191 Å². The molecule has 4 aromatic rings. The third kappa shape index (κ3) is 5.53. The minimum Gasteiger partial charge on any atom is -0.380 e. The fraction of sp³-hybridized carbons (Fsp3) is 0.167. The van der Waals surface area contributed by atoms with Gasteiger partial charge in [0.1, 0.15) is 5.69 Å². The Morgan fingerprint density at radius 1 is 0.938 bits per heavy atom. The summed E-state index contributed by atoms with van der Waals surface area (Å²) in [4.78, 5) is 16.8. The lowest BCUT2D eigenvalue weighted by Gasteiger charge is -2.09. The summed E-state index contributed by atoms with van der Waals surface area (Å²) in [6.45, 7) is 3.44. The summed E-state index contributed by atoms with van der Waals surface area (Å²) >= 11 is 1.36. The van der Waals surface area contributed by atoms with Gasteiger partial charge < -0.3 is 15.2 Å². The monoisotopic (exact) mass is 444 g/mol. The fourth-order valence-corrected chi connectivity index (χ4v) is 3.95. The third-order valence-electron chi connectivity index (χ3n) is 4.76. The van der Waals surface area contributed by atoms with E-state index in [1.54, 1.807) is 6.20 Å². The van der Waals surface area contributed by atoms with Crippen LogP contribution in [0.3, 0.4) is 0 Å². The van der Waals surface area contributed by atoms with Gasteiger partial charge in [-0.2, -0.15) is 0 Å². The molecule has 0 unspecified atom stereocenters. The molecule has 2 aromatic carbocycles. The zero-order chi connectivity index (χ0) is 22.2. The van der Waals surface area contributed by atoms with Crippen molar-refractivity contribution in [3.8, 4) is 11.5 Å². The minimum atomic E-state index is -0.0830. The van der Waals surface area contributed by atoms with Crippen LogP contribution in [0, 0.1) is 0 Å². The second kappa shape index (κ2) is 10.6. The van der Waals surface area contributed by atoms with Gasteiger partial charge in [-0.05, 0) is 36.8 Å². The Kier molecular flexibility index (Phi) is 7.14. The molecule has 0 saturated heterocycles. The second-order valence-corrected chi connectivity index (χ2v) is 7.97. The number of carbonyl (C=O) groups is 1. The highest BCUT2D eigenvalue weighted by Gasteiger charge is 2.15. The standard InChI is InChI=1S/C24H24N6OS/c1-2-30-23(21-14-13-20(16-26-21)25-15-18-9-5-3-6-10-18)28-29-24(30)32-17-22(31)27-19-11-7-4-8-12-19/h3-14,16,25H,2,15,17H2,1H3,(H,27,31). The van der Waals surface area contributed by atoms with Crippen molar-refractivity contribution in [1.82, 2.24) is 19.7 Å². The van der Waals surface area contributed by atoms with E-state index in [4.69, 9.17) is 0 Å². The molecule has 0 aliphatic carbocycles. The summed E-state index contributed by atoms with van der Waals surface area (Å²) in [5, 5.41) is 15.5. The van der Waals surface area contributed by atoms with Gasteiger partial charge in [-0.25, -0.2) is 0 Å². The van der Waals surface area contributed by atoms with E-state index in [1.807, 2.05) is 72.2 Å². The second-order valence-electron chi connectivity index (χ2n) is 7.02. The Hall–Kier alpha value is -3.65. The first-order valence-electron chi connectivity index (χ1n) is 10.4. The van der Waals surface area contributed by atoms with Crippen molar-refractivity contribution in [3.05, 3.63) is 84.6 Å². The quantitative estimate of drug-likeness (QED) is 0.364. The molecule has 0 fully saturated rings. The SMILES string of the molecule is CCn1c(SCC(=O)Nc2ccccc2)nnc1-c1ccc(NCc2ccccc2)cn1. The molecule has 1 amide bonds. The van der Waals surface area contributed by atoms with Gasteiger partial charge in [0.2, 0.25) is 5.91 Å². The largest absolute Gasteiger partial charge is 0.380 e. The van der Waals surface area contributed by atoms with Crippen molar-refractivity contribution in [1.29, 1.82) is 0 Å². The van der Waals surface area contributed by atoms with Crippen LogP contribution in [0.25, 0.3) is 11.5 Å². The van der Waals surface area contributed by atoms with Crippen molar-refractivity contribution in [2.75, 3.05) is 16.4 Å². The Morgan fingerprint density at radius 2 is 1.69 bits per heavy atom. The maximum Gasteiger partial charge on any atom is 0.234 e. The number of rotatable bonds is 9. The molecular weight excluding hydrogens is 420 g/mol. The number of hydrogen-bond donors (Lipinski definition) is 2. The molecule has 32 heavy (non-hydrogen) atoms. The van der Waals surface area contributed by atoms with Crippen molar-refractivity contribution >= 4 is 29.0 Å². The van der Waals surface area contributed by atoms with Crippen LogP contribution in [0.4, 0.5) is 11.4 Å². The highest BCUT2D eigenvalue weighted by molar-refractivity contribution is 7.99. The fourth-order valence-electron chi connectivity index (χ4n) is 3.15. The molecular formula is C24H24N6OS. The number of benzene rings is 2. The van der Waals surface area contributed by atoms with Crippen LogP contribution >= 0.6 is 11.8 Å². The number of anilines is 2. The maximum absolute atomic E-state index is 12.3. The molecule has 0 atom stereocenters. The number of carbonyl (C=O) groups excluding carboxylic acids is 1. The zero-order valence-electron chi connectivity index (χ0n) is 17.7. The van der Waals surface area contributed by atoms with Gasteiger partial charge >= 0.3 is 0 Å². The van der Waals surface area contributed by atoms with Crippen LogP contribution in [-0.4, -0.2) is 31.4 Å². The van der Waals surface area contributed by atoms with Crippen molar-refractivity contribution in [3.63, 3.8) is 0 Å². The Morgan fingerprint density at radius 3 is 2.38 bits per heavy atom. The average Bonchev–Trinajstić information content (AvgIpc) is 3.26. The lowest BCUT2D eigenvalue weighted by Crippen LogP contribution is -2.14.